The molecule has 3 aromatic rings. The first-order valence-electron chi connectivity index (χ1n) is 8.72. The third-order valence-electron chi connectivity index (χ3n) is 4.15. The van der Waals surface area contributed by atoms with Gasteiger partial charge in [0.2, 0.25) is 6.10 Å². The van der Waals surface area contributed by atoms with E-state index >= 15 is 0 Å². The number of amides is 1. The fourth-order valence-electron chi connectivity index (χ4n) is 2.68. The Labute approximate surface area is 179 Å². The molecule has 0 radical (unpaired) electrons. The number of non-ortho nitro benzene ring substituents is 1. The lowest BCUT2D eigenvalue weighted by Crippen LogP contribution is -2.26. The van der Waals surface area contributed by atoms with E-state index in [1.807, 2.05) is 0 Å². The molecule has 1 amide bonds. The SMILES string of the molecule is O=C(OC(C(=O)Nc1ccc([N+](=O)[O-])cc1Cl)c1ccccc1)c1c(F)cccc1F. The summed E-state index contributed by atoms with van der Waals surface area (Å²) in [7, 11) is 0. The predicted octanol–water partition coefficient (Wildman–Crippen LogP) is 5.06. The Balaban J connectivity index is 1.90. The second kappa shape index (κ2) is 9.31. The van der Waals surface area contributed by atoms with Crippen molar-refractivity contribution in [3.8, 4) is 0 Å². The Kier molecular flexibility index (Phi) is 6.56. The summed E-state index contributed by atoms with van der Waals surface area (Å²) in [6.45, 7) is 0. The van der Waals surface area contributed by atoms with Crippen LogP contribution in [0.5, 0.6) is 0 Å². The number of carbonyl (C=O) groups excluding carboxylic acids is 2. The normalized spacial score (nSPS) is 11.5. The van der Waals surface area contributed by atoms with E-state index in [0.29, 0.717) is 0 Å². The summed E-state index contributed by atoms with van der Waals surface area (Å²) in [5.41, 5.74) is -0.983. The van der Waals surface area contributed by atoms with Crippen molar-refractivity contribution in [1.82, 2.24) is 0 Å². The Morgan fingerprint density at radius 1 is 1.00 bits per heavy atom. The van der Waals surface area contributed by atoms with Crippen molar-refractivity contribution >= 4 is 34.9 Å². The van der Waals surface area contributed by atoms with Crippen LogP contribution in [0.4, 0.5) is 20.2 Å². The zero-order valence-electron chi connectivity index (χ0n) is 15.6. The lowest BCUT2D eigenvalue weighted by molar-refractivity contribution is -0.384. The topological polar surface area (TPSA) is 98.5 Å². The number of rotatable bonds is 6. The van der Waals surface area contributed by atoms with Crippen LogP contribution in [0.2, 0.25) is 5.02 Å². The molecule has 0 aliphatic heterocycles. The number of benzene rings is 3. The number of ether oxygens (including phenoxy) is 1. The zero-order valence-corrected chi connectivity index (χ0v) is 16.3. The molecule has 31 heavy (non-hydrogen) atoms. The highest BCUT2D eigenvalue weighted by atomic mass is 35.5. The van der Waals surface area contributed by atoms with Gasteiger partial charge in [0.05, 0.1) is 15.6 Å². The van der Waals surface area contributed by atoms with Gasteiger partial charge < -0.3 is 10.1 Å². The maximum absolute atomic E-state index is 13.9. The van der Waals surface area contributed by atoms with Crippen LogP contribution in [0.3, 0.4) is 0 Å². The van der Waals surface area contributed by atoms with Gasteiger partial charge in [-0.15, -0.1) is 0 Å². The molecule has 0 saturated heterocycles. The smallest absolute Gasteiger partial charge is 0.345 e. The Morgan fingerprint density at radius 2 is 1.65 bits per heavy atom. The molecule has 0 heterocycles. The summed E-state index contributed by atoms with van der Waals surface area (Å²) in [6, 6.07) is 14.0. The van der Waals surface area contributed by atoms with Crippen LogP contribution in [0.25, 0.3) is 0 Å². The van der Waals surface area contributed by atoms with Gasteiger partial charge in [0.1, 0.15) is 17.2 Å². The summed E-state index contributed by atoms with van der Waals surface area (Å²) < 4.78 is 33.0. The minimum atomic E-state index is -1.58. The van der Waals surface area contributed by atoms with Crippen LogP contribution >= 0.6 is 11.6 Å². The van der Waals surface area contributed by atoms with E-state index in [1.165, 1.54) is 18.2 Å². The van der Waals surface area contributed by atoms with Crippen LogP contribution in [0, 0.1) is 21.7 Å². The molecule has 7 nitrogen and oxygen atoms in total. The first kappa shape index (κ1) is 21.8. The quantitative estimate of drug-likeness (QED) is 0.324. The number of hydrogen-bond donors (Lipinski definition) is 1. The van der Waals surface area contributed by atoms with Gasteiger partial charge in [-0.25, -0.2) is 13.6 Å². The van der Waals surface area contributed by atoms with Gasteiger partial charge in [-0.1, -0.05) is 48.0 Å². The van der Waals surface area contributed by atoms with Gasteiger partial charge in [-0.2, -0.15) is 0 Å². The second-order valence-corrected chi connectivity index (χ2v) is 6.61. The van der Waals surface area contributed by atoms with E-state index in [2.05, 4.69) is 5.32 Å². The third kappa shape index (κ3) is 5.01. The van der Waals surface area contributed by atoms with Crippen molar-refractivity contribution < 1.29 is 28.0 Å². The van der Waals surface area contributed by atoms with E-state index in [4.69, 9.17) is 16.3 Å². The second-order valence-electron chi connectivity index (χ2n) is 6.20. The van der Waals surface area contributed by atoms with Crippen molar-refractivity contribution in [1.29, 1.82) is 0 Å². The average Bonchev–Trinajstić information content (AvgIpc) is 2.73. The molecular weight excluding hydrogens is 434 g/mol. The fraction of sp³-hybridized carbons (Fsp3) is 0.0476. The number of carbonyl (C=O) groups is 2. The van der Waals surface area contributed by atoms with Crippen LogP contribution in [-0.4, -0.2) is 16.8 Å². The van der Waals surface area contributed by atoms with Gasteiger partial charge in [-0.05, 0) is 18.2 Å². The molecule has 0 saturated carbocycles. The molecular formula is C21H13ClF2N2O5. The van der Waals surface area contributed by atoms with Crippen molar-refractivity contribution in [2.75, 3.05) is 5.32 Å². The molecule has 158 valence electrons. The highest BCUT2D eigenvalue weighted by Crippen LogP contribution is 2.29. The van der Waals surface area contributed by atoms with Crippen molar-refractivity contribution in [3.05, 3.63) is 105 Å². The molecule has 0 bridgehead atoms. The first-order chi connectivity index (χ1) is 14.8. The molecule has 0 aromatic heterocycles. The summed E-state index contributed by atoms with van der Waals surface area (Å²) >= 11 is 5.99. The van der Waals surface area contributed by atoms with Crippen LogP contribution in [0.15, 0.2) is 66.7 Å². The van der Waals surface area contributed by atoms with Crippen molar-refractivity contribution in [2.45, 2.75) is 6.10 Å². The summed E-state index contributed by atoms with van der Waals surface area (Å²) in [5, 5.41) is 13.1. The molecule has 3 rings (SSSR count). The molecule has 0 aliphatic carbocycles. The molecule has 10 heteroatoms. The number of nitro benzene ring substituents is 1. The highest BCUT2D eigenvalue weighted by Gasteiger charge is 2.29. The van der Waals surface area contributed by atoms with E-state index in [0.717, 1.165) is 30.3 Å². The first-order valence-corrected chi connectivity index (χ1v) is 9.10. The highest BCUT2D eigenvalue weighted by molar-refractivity contribution is 6.34. The molecule has 0 spiro atoms. The number of nitro groups is 1. The van der Waals surface area contributed by atoms with Gasteiger partial charge in [-0.3, -0.25) is 14.9 Å². The fourth-order valence-corrected chi connectivity index (χ4v) is 2.90. The van der Waals surface area contributed by atoms with Crippen molar-refractivity contribution in [2.24, 2.45) is 0 Å². The van der Waals surface area contributed by atoms with Gasteiger partial charge in [0.25, 0.3) is 11.6 Å². The lowest BCUT2D eigenvalue weighted by Gasteiger charge is -2.19. The Hall–Kier alpha value is -3.85. The van der Waals surface area contributed by atoms with Crippen molar-refractivity contribution in [3.63, 3.8) is 0 Å². The van der Waals surface area contributed by atoms with Crippen LogP contribution in [-0.2, 0) is 9.53 Å². The largest absolute Gasteiger partial charge is 0.444 e. The van der Waals surface area contributed by atoms with Crippen LogP contribution in [0.1, 0.15) is 22.0 Å². The maximum Gasteiger partial charge on any atom is 0.345 e. The Bertz CT molecular complexity index is 1140. The van der Waals surface area contributed by atoms with E-state index in [1.54, 1.807) is 18.2 Å². The summed E-state index contributed by atoms with van der Waals surface area (Å²) in [4.78, 5) is 35.5. The minimum absolute atomic E-state index is 0.0197. The molecule has 1 N–H and O–H groups in total. The Morgan fingerprint density at radius 3 is 2.23 bits per heavy atom. The number of anilines is 1. The van der Waals surface area contributed by atoms with Gasteiger partial charge in [0.15, 0.2) is 0 Å². The number of hydrogen-bond acceptors (Lipinski definition) is 5. The summed E-state index contributed by atoms with van der Waals surface area (Å²) in [6.07, 6.45) is -1.58. The third-order valence-corrected chi connectivity index (χ3v) is 4.47. The molecule has 1 atom stereocenters. The number of nitrogens with one attached hydrogen (secondary N) is 1. The average molecular weight is 447 g/mol. The summed E-state index contributed by atoms with van der Waals surface area (Å²) in [5.74, 6) is -4.55. The van der Waals surface area contributed by atoms with Gasteiger partial charge in [0, 0.05) is 17.7 Å². The number of halogens is 3. The van der Waals surface area contributed by atoms with E-state index < -0.39 is 40.1 Å². The van der Waals surface area contributed by atoms with E-state index in [9.17, 15) is 28.5 Å². The van der Waals surface area contributed by atoms with Crippen LogP contribution < -0.4 is 5.32 Å². The maximum atomic E-state index is 13.9. The predicted molar refractivity (Wildman–Crippen MR) is 108 cm³/mol. The van der Waals surface area contributed by atoms with E-state index in [-0.39, 0.29) is 22.0 Å². The minimum Gasteiger partial charge on any atom is -0.444 e. The lowest BCUT2D eigenvalue weighted by atomic mass is 10.1. The standard InChI is InChI=1S/C21H13ClF2N2O5/c22-14-11-13(26(29)30)9-10-17(14)25-20(27)19(12-5-2-1-3-6-12)31-21(28)18-15(23)7-4-8-16(18)24/h1-11,19H,(H,25,27). The zero-order chi connectivity index (χ0) is 22.5. The monoisotopic (exact) mass is 446 g/mol. The molecule has 0 fully saturated rings. The molecule has 0 aliphatic rings. The number of esters is 1. The molecule has 3 aromatic carbocycles. The van der Waals surface area contributed by atoms with Gasteiger partial charge >= 0.3 is 5.97 Å². The molecule has 1 unspecified atom stereocenters. The number of nitrogens with zero attached hydrogens (tertiary/aromatic N) is 1.